The molecular formula is H14N3O16Sm. The Morgan fingerprint density at radius 2 is 0.400 bits per heavy atom. The van der Waals surface area contributed by atoms with Gasteiger partial charge in [0, 0.05) is 0 Å². The van der Waals surface area contributed by atoms with Gasteiger partial charge in [0.1, 0.15) is 0 Å². The summed E-state index contributed by atoms with van der Waals surface area (Å²) in [4.78, 5) is 24.8. The van der Waals surface area contributed by atoms with Crippen LogP contribution in [0.1, 0.15) is 0 Å². The quantitative estimate of drug-likeness (QED) is 0.243. The Kier molecular flexibility index (Phi) is 414. The van der Waals surface area contributed by atoms with Crippen LogP contribution in [0.5, 0.6) is 0 Å². The SMILES string of the molecule is O.O.O.O.O.O.O.O=[N+]([O-])[O-].O=[N+]([O-])[O-].O=[N+]([O-])[O-].[Sm+3]. The second-order valence-corrected chi connectivity index (χ2v) is 0.671. The molecule has 0 rings (SSSR count). The van der Waals surface area contributed by atoms with E-state index in [2.05, 4.69) is 0 Å². The molecule has 14 N–H and O–H groups in total. The van der Waals surface area contributed by atoms with E-state index in [1.165, 1.54) is 0 Å². The average molecular weight is 462 g/mol. The topological polar surface area (TPSA) is 419 Å². The molecular weight excluding hydrogens is 448 g/mol. The standard InChI is InChI=1S/3NO3.7H2O.Sm/c3*2-1(3)4;;;;;;;;/h;;;7*1H2;/q3*-1;;;;;;;;+3. The average Bonchev–Trinajstić information content (AvgIpc) is 1.54. The van der Waals surface area contributed by atoms with Crippen LogP contribution < -0.4 is 0 Å². The van der Waals surface area contributed by atoms with E-state index >= 15 is 0 Å². The van der Waals surface area contributed by atoms with E-state index in [0.29, 0.717) is 0 Å². The molecule has 0 aliphatic carbocycles. The maximum absolute atomic E-state index is 8.25. The van der Waals surface area contributed by atoms with Crippen molar-refractivity contribution in [1.29, 1.82) is 0 Å². The molecule has 1 radical (unpaired) electrons. The van der Waals surface area contributed by atoms with Gasteiger partial charge in [-0.25, -0.2) is 0 Å². The van der Waals surface area contributed by atoms with E-state index in [9.17, 15) is 0 Å². The molecule has 0 bridgehead atoms. The van der Waals surface area contributed by atoms with Crippen molar-refractivity contribution >= 4 is 0 Å². The van der Waals surface area contributed by atoms with Gasteiger partial charge in [-0.3, -0.25) is 0 Å². The van der Waals surface area contributed by atoms with Crippen LogP contribution in [0.4, 0.5) is 0 Å². The fourth-order valence-corrected chi connectivity index (χ4v) is 0. The van der Waals surface area contributed by atoms with Gasteiger partial charge in [-0.2, -0.15) is 0 Å². The third-order valence-electron chi connectivity index (χ3n) is 0. The summed E-state index contributed by atoms with van der Waals surface area (Å²) >= 11 is 0. The van der Waals surface area contributed by atoms with Gasteiger partial charge >= 0.3 is 40.4 Å². The summed E-state index contributed by atoms with van der Waals surface area (Å²) < 4.78 is 0. The second-order valence-electron chi connectivity index (χ2n) is 0.671. The fourth-order valence-electron chi connectivity index (χ4n) is 0. The molecule has 0 heterocycles. The van der Waals surface area contributed by atoms with E-state index in [-0.39, 0.29) is 78.7 Å². The Balaban J connectivity index is -0.00000000562. The van der Waals surface area contributed by atoms with E-state index < -0.39 is 15.3 Å². The summed E-state index contributed by atoms with van der Waals surface area (Å²) in [6.07, 6.45) is 0. The molecule has 0 saturated carbocycles. The molecule has 0 aliphatic heterocycles. The molecule has 20 heavy (non-hydrogen) atoms. The Morgan fingerprint density at radius 1 is 0.400 bits per heavy atom. The van der Waals surface area contributed by atoms with Crippen LogP contribution in [0.2, 0.25) is 0 Å². The number of hydrogen-bond donors (Lipinski definition) is 0. The first-order chi connectivity index (χ1) is 5.20. The van der Waals surface area contributed by atoms with Crippen molar-refractivity contribution in [1.82, 2.24) is 0 Å². The Hall–Kier alpha value is -1.34. The summed E-state index contributed by atoms with van der Waals surface area (Å²) in [6, 6.07) is 0. The van der Waals surface area contributed by atoms with Gasteiger partial charge in [-0.05, 0) is 0 Å². The smallest absolute Gasteiger partial charge is 0.412 e. The van der Waals surface area contributed by atoms with Crippen LogP contribution in [-0.4, -0.2) is 53.6 Å². The zero-order valence-corrected chi connectivity index (χ0v) is 11.5. The van der Waals surface area contributed by atoms with Crippen LogP contribution in [0.15, 0.2) is 0 Å². The van der Waals surface area contributed by atoms with Gasteiger partial charge in [-0.1, -0.05) is 0 Å². The van der Waals surface area contributed by atoms with E-state index in [1.807, 2.05) is 0 Å². The predicted octanol–water partition coefficient (Wildman–Crippen LogP) is -6.49. The number of nitrogens with zero attached hydrogens (tertiary/aromatic N) is 3. The van der Waals surface area contributed by atoms with Gasteiger partial charge in [0.15, 0.2) is 0 Å². The predicted molar refractivity (Wildman–Crippen MR) is 56.4 cm³/mol. The molecule has 19 nitrogen and oxygen atoms in total. The molecule has 0 atom stereocenters. The van der Waals surface area contributed by atoms with E-state index in [0.717, 1.165) is 0 Å². The van der Waals surface area contributed by atoms with Crippen molar-refractivity contribution in [3.05, 3.63) is 46.0 Å². The van der Waals surface area contributed by atoms with Crippen molar-refractivity contribution in [3.63, 3.8) is 0 Å². The molecule has 20 heteroatoms. The maximum Gasteiger partial charge on any atom is 3.00 e. The minimum absolute atomic E-state index is 0. The third kappa shape index (κ3) is 2270. The van der Waals surface area contributed by atoms with Gasteiger partial charge in [0.25, 0.3) is 0 Å². The summed E-state index contributed by atoms with van der Waals surface area (Å²) in [5.74, 6) is 0. The number of rotatable bonds is 0. The molecule has 0 amide bonds. The number of hydrogen-bond acceptors (Lipinski definition) is 9. The Labute approximate surface area is 140 Å². The van der Waals surface area contributed by atoms with Gasteiger partial charge in [0.05, 0.1) is 15.3 Å². The third-order valence-corrected chi connectivity index (χ3v) is 0. The molecule has 0 unspecified atom stereocenters. The molecule has 131 valence electrons. The van der Waals surface area contributed by atoms with Crippen molar-refractivity contribution < 1.29 is 94.0 Å². The van der Waals surface area contributed by atoms with Crippen LogP contribution in [0, 0.1) is 86.4 Å². The summed E-state index contributed by atoms with van der Waals surface area (Å²) in [5, 5.41) is 44.2. The maximum atomic E-state index is 8.25. The summed E-state index contributed by atoms with van der Waals surface area (Å²) in [5.41, 5.74) is 0. The van der Waals surface area contributed by atoms with E-state index in [4.69, 9.17) is 46.0 Å². The van der Waals surface area contributed by atoms with Crippen molar-refractivity contribution in [3.8, 4) is 0 Å². The van der Waals surface area contributed by atoms with Crippen molar-refractivity contribution in [2.24, 2.45) is 0 Å². The first-order valence-electron chi connectivity index (χ1n) is 1.64. The molecule has 0 aromatic rings. The first-order valence-corrected chi connectivity index (χ1v) is 1.64. The normalized spacial score (nSPS) is 3.60. The molecule has 0 aromatic heterocycles. The molecule has 0 aromatic carbocycles. The van der Waals surface area contributed by atoms with E-state index in [1.54, 1.807) is 0 Å². The molecule has 0 saturated heterocycles. The van der Waals surface area contributed by atoms with Crippen LogP contribution in [0.3, 0.4) is 0 Å². The van der Waals surface area contributed by atoms with Gasteiger partial charge in [0.2, 0.25) is 0 Å². The summed E-state index contributed by atoms with van der Waals surface area (Å²) in [6.45, 7) is 0. The summed E-state index contributed by atoms with van der Waals surface area (Å²) in [7, 11) is 0. The largest absolute Gasteiger partial charge is 3.00 e. The zero-order valence-electron chi connectivity index (χ0n) is 8.92. The fraction of sp³-hybridized carbons (Fsp3) is 0. The molecule has 0 aliphatic rings. The molecule has 0 fully saturated rings. The second kappa shape index (κ2) is 83.6. The Morgan fingerprint density at radius 3 is 0.400 bits per heavy atom. The van der Waals surface area contributed by atoms with Gasteiger partial charge in [-0.15, -0.1) is 0 Å². The first kappa shape index (κ1) is 99.2. The molecule has 0 spiro atoms. The Bertz CT molecular complexity index is 115. The van der Waals surface area contributed by atoms with Crippen LogP contribution >= 0.6 is 0 Å². The zero-order chi connectivity index (χ0) is 10.7. The van der Waals surface area contributed by atoms with Crippen LogP contribution in [0.25, 0.3) is 0 Å². The van der Waals surface area contributed by atoms with Gasteiger partial charge < -0.3 is 84.3 Å². The van der Waals surface area contributed by atoms with Crippen molar-refractivity contribution in [2.75, 3.05) is 0 Å². The van der Waals surface area contributed by atoms with Crippen LogP contribution in [-0.2, 0) is 0 Å². The monoisotopic (exact) mass is 464 g/mol. The van der Waals surface area contributed by atoms with Crippen molar-refractivity contribution in [2.45, 2.75) is 0 Å². The minimum Gasteiger partial charge on any atom is -0.412 e. The minimum atomic E-state index is -1.75.